The summed E-state index contributed by atoms with van der Waals surface area (Å²) in [4.78, 5) is 24.9. The second-order valence-corrected chi connectivity index (χ2v) is 7.89. The number of carbonyl (C=O) groups excluding carboxylic acids is 2. The van der Waals surface area contributed by atoms with Gasteiger partial charge in [0, 0.05) is 27.7 Å². The van der Waals surface area contributed by atoms with Gasteiger partial charge in [-0.2, -0.15) is 0 Å². The number of benzene rings is 3. The predicted octanol–water partition coefficient (Wildman–Crippen LogP) is 5.77. The lowest BCUT2D eigenvalue weighted by molar-refractivity contribution is -0.113. The molecule has 6 heteroatoms. The molecule has 0 radical (unpaired) electrons. The van der Waals surface area contributed by atoms with Crippen LogP contribution in [0.3, 0.4) is 0 Å². The molecular weight excluding hydrogens is 404 g/mol. The largest absolute Gasteiger partial charge is 0.325 e. The van der Waals surface area contributed by atoms with Crippen molar-refractivity contribution in [1.29, 1.82) is 0 Å². The van der Waals surface area contributed by atoms with Crippen LogP contribution in [0, 0.1) is 6.92 Å². The third-order valence-corrected chi connectivity index (χ3v) is 5.51. The Labute approximate surface area is 179 Å². The molecule has 0 saturated carbocycles. The summed E-state index contributed by atoms with van der Waals surface area (Å²) in [6, 6.07) is 22.2. The first-order valence-corrected chi connectivity index (χ1v) is 10.6. The highest BCUT2D eigenvalue weighted by Gasteiger charge is 2.13. The summed E-state index contributed by atoms with van der Waals surface area (Å²) in [5.41, 5.74) is 3.70. The van der Waals surface area contributed by atoms with Gasteiger partial charge in [-0.05, 0) is 54.4 Å². The fourth-order valence-corrected chi connectivity index (χ4v) is 3.80. The van der Waals surface area contributed by atoms with Crippen molar-refractivity contribution < 1.29 is 9.59 Å². The highest BCUT2D eigenvalue weighted by molar-refractivity contribution is 7.99. The molecule has 0 bridgehead atoms. The molecule has 3 rings (SSSR count). The lowest BCUT2D eigenvalue weighted by Crippen LogP contribution is -2.18. The Morgan fingerprint density at radius 2 is 1.69 bits per heavy atom. The number of anilines is 2. The van der Waals surface area contributed by atoms with E-state index in [4.69, 9.17) is 11.6 Å². The number of hydrogen-bond acceptors (Lipinski definition) is 3. The summed E-state index contributed by atoms with van der Waals surface area (Å²) in [5, 5.41) is 6.46. The van der Waals surface area contributed by atoms with E-state index in [9.17, 15) is 9.59 Å². The van der Waals surface area contributed by atoms with Crippen LogP contribution in [-0.4, -0.2) is 17.6 Å². The number of hydrogen-bond donors (Lipinski definition) is 2. The predicted molar refractivity (Wildman–Crippen MR) is 122 cm³/mol. The van der Waals surface area contributed by atoms with Gasteiger partial charge in [-0.3, -0.25) is 9.59 Å². The molecule has 0 aliphatic rings. The molecule has 148 valence electrons. The first kappa shape index (κ1) is 21.0. The molecule has 0 spiro atoms. The Hall–Kier alpha value is -2.76. The molecule has 0 heterocycles. The van der Waals surface area contributed by atoms with Gasteiger partial charge in [-0.1, -0.05) is 48.0 Å². The lowest BCUT2D eigenvalue weighted by Gasteiger charge is -2.13. The van der Waals surface area contributed by atoms with Crippen molar-refractivity contribution in [2.24, 2.45) is 0 Å². The van der Waals surface area contributed by atoms with Crippen molar-refractivity contribution >= 4 is 46.6 Å². The van der Waals surface area contributed by atoms with Gasteiger partial charge in [0.25, 0.3) is 5.91 Å². The number of nitrogens with one attached hydrogen (secondary N) is 2. The van der Waals surface area contributed by atoms with Gasteiger partial charge < -0.3 is 10.6 Å². The van der Waals surface area contributed by atoms with Crippen molar-refractivity contribution in [2.75, 3.05) is 16.4 Å². The van der Waals surface area contributed by atoms with Crippen LogP contribution in [0.2, 0.25) is 5.02 Å². The number of rotatable bonds is 7. The van der Waals surface area contributed by atoms with Crippen LogP contribution in [-0.2, 0) is 10.5 Å². The van der Waals surface area contributed by atoms with Crippen LogP contribution < -0.4 is 10.6 Å². The van der Waals surface area contributed by atoms with Crippen LogP contribution in [0.25, 0.3) is 0 Å². The van der Waals surface area contributed by atoms with E-state index in [0.29, 0.717) is 27.8 Å². The second kappa shape index (κ2) is 10.1. The fourth-order valence-electron chi connectivity index (χ4n) is 2.81. The average Bonchev–Trinajstić information content (AvgIpc) is 2.70. The van der Waals surface area contributed by atoms with E-state index in [2.05, 4.69) is 10.6 Å². The van der Waals surface area contributed by atoms with Gasteiger partial charge in [0.15, 0.2) is 0 Å². The van der Waals surface area contributed by atoms with E-state index in [0.717, 1.165) is 16.8 Å². The zero-order valence-corrected chi connectivity index (χ0v) is 17.5. The van der Waals surface area contributed by atoms with E-state index in [1.807, 2.05) is 61.5 Å². The zero-order valence-electron chi connectivity index (χ0n) is 15.9. The van der Waals surface area contributed by atoms with E-state index in [-0.39, 0.29) is 11.8 Å². The van der Waals surface area contributed by atoms with E-state index >= 15 is 0 Å². The molecule has 0 atom stereocenters. The van der Waals surface area contributed by atoms with Gasteiger partial charge in [-0.15, -0.1) is 11.8 Å². The summed E-state index contributed by atoms with van der Waals surface area (Å²) < 4.78 is 0. The maximum absolute atomic E-state index is 12.6. The van der Waals surface area contributed by atoms with Gasteiger partial charge in [0.2, 0.25) is 5.91 Å². The molecule has 0 unspecified atom stereocenters. The maximum atomic E-state index is 12.6. The Morgan fingerprint density at radius 1 is 0.931 bits per heavy atom. The van der Waals surface area contributed by atoms with Crippen LogP contribution in [0.4, 0.5) is 11.4 Å². The summed E-state index contributed by atoms with van der Waals surface area (Å²) in [6.07, 6.45) is 0. The first-order valence-electron chi connectivity index (χ1n) is 9.11. The van der Waals surface area contributed by atoms with Crippen LogP contribution in [0.5, 0.6) is 0 Å². The molecule has 4 nitrogen and oxygen atoms in total. The third-order valence-electron chi connectivity index (χ3n) is 4.28. The van der Waals surface area contributed by atoms with Crippen LogP contribution in [0.1, 0.15) is 21.5 Å². The van der Waals surface area contributed by atoms with Gasteiger partial charge in [0.05, 0.1) is 5.75 Å². The summed E-state index contributed by atoms with van der Waals surface area (Å²) in [5.74, 6) is 0.694. The smallest absolute Gasteiger partial charge is 0.256 e. The zero-order chi connectivity index (χ0) is 20.6. The minimum Gasteiger partial charge on any atom is -0.325 e. The molecule has 3 aromatic carbocycles. The molecule has 29 heavy (non-hydrogen) atoms. The monoisotopic (exact) mass is 424 g/mol. The molecular formula is C23H21ClN2O2S. The van der Waals surface area contributed by atoms with Crippen molar-refractivity contribution in [3.63, 3.8) is 0 Å². The lowest BCUT2D eigenvalue weighted by atomic mass is 10.1. The molecule has 0 saturated heterocycles. The normalized spacial score (nSPS) is 10.4. The minimum absolute atomic E-state index is 0.110. The Morgan fingerprint density at radius 3 is 2.45 bits per heavy atom. The van der Waals surface area contributed by atoms with Gasteiger partial charge in [0.1, 0.15) is 0 Å². The van der Waals surface area contributed by atoms with Gasteiger partial charge >= 0.3 is 0 Å². The van der Waals surface area contributed by atoms with Crippen molar-refractivity contribution in [3.8, 4) is 0 Å². The van der Waals surface area contributed by atoms with E-state index < -0.39 is 0 Å². The highest BCUT2D eigenvalue weighted by atomic mass is 35.5. The highest BCUT2D eigenvalue weighted by Crippen LogP contribution is 2.21. The first-order chi connectivity index (χ1) is 14.0. The maximum Gasteiger partial charge on any atom is 0.256 e. The summed E-state index contributed by atoms with van der Waals surface area (Å²) in [7, 11) is 0. The molecule has 2 N–H and O–H groups in total. The summed E-state index contributed by atoms with van der Waals surface area (Å²) >= 11 is 7.49. The second-order valence-electron chi connectivity index (χ2n) is 6.47. The van der Waals surface area contributed by atoms with Crippen molar-refractivity contribution in [3.05, 3.63) is 94.5 Å². The molecule has 0 aliphatic carbocycles. The Balaban J connectivity index is 1.58. The number of thioether (sulfide) groups is 1. The molecule has 0 aliphatic heterocycles. The number of para-hydroxylation sites is 1. The Kier molecular flexibility index (Phi) is 7.33. The Bertz CT molecular complexity index is 1010. The minimum atomic E-state index is -0.208. The topological polar surface area (TPSA) is 58.2 Å². The van der Waals surface area contributed by atoms with E-state index in [1.165, 1.54) is 11.8 Å². The quantitative estimate of drug-likeness (QED) is 0.506. The van der Waals surface area contributed by atoms with Gasteiger partial charge in [-0.25, -0.2) is 0 Å². The van der Waals surface area contributed by atoms with E-state index in [1.54, 1.807) is 18.2 Å². The molecule has 2 amide bonds. The average molecular weight is 425 g/mol. The van der Waals surface area contributed by atoms with Crippen molar-refractivity contribution in [1.82, 2.24) is 0 Å². The SMILES string of the molecule is Cc1c(NC(=O)CSCc2cccc(Cl)c2)cccc1C(=O)Nc1ccccc1. The molecule has 0 aromatic heterocycles. The molecule has 3 aromatic rings. The molecule has 0 fully saturated rings. The van der Waals surface area contributed by atoms with Crippen LogP contribution in [0.15, 0.2) is 72.8 Å². The number of amides is 2. The number of carbonyl (C=O) groups is 2. The fraction of sp³-hybridized carbons (Fsp3) is 0.130. The van der Waals surface area contributed by atoms with Crippen molar-refractivity contribution in [2.45, 2.75) is 12.7 Å². The number of halogens is 1. The summed E-state index contributed by atoms with van der Waals surface area (Å²) in [6.45, 7) is 1.83. The van der Waals surface area contributed by atoms with Crippen LogP contribution >= 0.6 is 23.4 Å². The standard InChI is InChI=1S/C23H21ClN2O2S/c1-16-20(23(28)25-19-9-3-2-4-10-19)11-6-12-21(16)26-22(27)15-29-14-17-7-5-8-18(24)13-17/h2-13H,14-15H2,1H3,(H,25,28)(H,26,27). The third kappa shape index (κ3) is 6.11.